The molecule has 2 rings (SSSR count). The van der Waals surface area contributed by atoms with Crippen molar-refractivity contribution < 1.29 is 14.3 Å². The zero-order chi connectivity index (χ0) is 17.5. The minimum Gasteiger partial charge on any atom is -0.464 e. The summed E-state index contributed by atoms with van der Waals surface area (Å²) in [5, 5.41) is 0.590. The van der Waals surface area contributed by atoms with Gasteiger partial charge in [-0.25, -0.2) is 4.79 Å². The molecule has 126 valence electrons. The number of esters is 1. The molecule has 1 atom stereocenters. The maximum absolute atomic E-state index is 12.6. The molecule has 4 nitrogen and oxygen atoms in total. The number of rotatable bonds is 6. The lowest BCUT2D eigenvalue weighted by Crippen LogP contribution is -2.44. The lowest BCUT2D eigenvalue weighted by molar-refractivity contribution is -0.148. The van der Waals surface area contributed by atoms with Gasteiger partial charge in [0.25, 0.3) is 5.91 Å². The maximum atomic E-state index is 12.6. The van der Waals surface area contributed by atoms with Crippen molar-refractivity contribution in [3.8, 4) is 0 Å². The molecule has 0 spiro atoms. The van der Waals surface area contributed by atoms with Crippen LogP contribution in [0.2, 0.25) is 5.02 Å². The Hall–Kier alpha value is -2.33. The van der Waals surface area contributed by atoms with Gasteiger partial charge < -0.3 is 9.64 Å². The summed E-state index contributed by atoms with van der Waals surface area (Å²) in [5.41, 5.74) is 1.40. The summed E-state index contributed by atoms with van der Waals surface area (Å²) < 4.78 is 5.15. The normalized spacial score (nSPS) is 11.6. The number of likely N-dealkylation sites (N-methyl/N-ethyl adjacent to an activating group) is 1. The average Bonchev–Trinajstić information content (AvgIpc) is 2.59. The van der Waals surface area contributed by atoms with E-state index in [2.05, 4.69) is 0 Å². The first-order valence-electron chi connectivity index (χ1n) is 7.76. The predicted molar refractivity (Wildman–Crippen MR) is 94.1 cm³/mol. The molecule has 24 heavy (non-hydrogen) atoms. The van der Waals surface area contributed by atoms with Crippen LogP contribution in [-0.4, -0.2) is 36.5 Å². The predicted octanol–water partition coefficient (Wildman–Crippen LogP) is 3.59. The summed E-state index contributed by atoms with van der Waals surface area (Å²) in [5.74, 6) is -0.653. The zero-order valence-electron chi connectivity index (χ0n) is 13.7. The van der Waals surface area contributed by atoms with Crippen molar-refractivity contribution in [3.63, 3.8) is 0 Å². The van der Waals surface area contributed by atoms with Crippen LogP contribution in [0.3, 0.4) is 0 Å². The zero-order valence-corrected chi connectivity index (χ0v) is 14.5. The van der Waals surface area contributed by atoms with Crippen LogP contribution in [0.15, 0.2) is 54.6 Å². The van der Waals surface area contributed by atoms with Crippen molar-refractivity contribution in [3.05, 3.63) is 70.7 Å². The number of ether oxygens (including phenoxy) is 1. The van der Waals surface area contributed by atoms with Crippen molar-refractivity contribution in [1.29, 1.82) is 0 Å². The van der Waals surface area contributed by atoms with E-state index >= 15 is 0 Å². The van der Waals surface area contributed by atoms with Gasteiger partial charge in [-0.1, -0.05) is 41.9 Å². The SMILES string of the molecule is CCOC(=O)C(Cc1cccc(Cl)c1)N(C)C(=O)c1ccccc1. The first-order valence-corrected chi connectivity index (χ1v) is 8.14. The largest absolute Gasteiger partial charge is 0.464 e. The van der Waals surface area contributed by atoms with Gasteiger partial charge in [0.15, 0.2) is 0 Å². The second kappa shape index (κ2) is 8.50. The van der Waals surface area contributed by atoms with Gasteiger partial charge in [0.1, 0.15) is 6.04 Å². The topological polar surface area (TPSA) is 46.6 Å². The number of amides is 1. The Morgan fingerprint density at radius 2 is 1.83 bits per heavy atom. The smallest absolute Gasteiger partial charge is 0.329 e. The number of benzene rings is 2. The van der Waals surface area contributed by atoms with E-state index in [1.807, 2.05) is 18.2 Å². The lowest BCUT2D eigenvalue weighted by atomic mass is 10.0. The average molecular weight is 346 g/mol. The molecule has 0 saturated carbocycles. The van der Waals surface area contributed by atoms with Crippen LogP contribution in [0.25, 0.3) is 0 Å². The number of hydrogen-bond acceptors (Lipinski definition) is 3. The third-order valence-corrected chi connectivity index (χ3v) is 3.92. The highest BCUT2D eigenvalue weighted by Gasteiger charge is 2.29. The fraction of sp³-hybridized carbons (Fsp3) is 0.263. The first-order chi connectivity index (χ1) is 11.5. The number of carbonyl (C=O) groups is 2. The third kappa shape index (κ3) is 4.59. The Labute approximate surface area is 147 Å². The molecule has 0 bridgehead atoms. The quantitative estimate of drug-likeness (QED) is 0.752. The van der Waals surface area contributed by atoms with Gasteiger partial charge >= 0.3 is 5.97 Å². The monoisotopic (exact) mass is 345 g/mol. The molecule has 0 aliphatic rings. The summed E-state index contributed by atoms with van der Waals surface area (Å²) in [4.78, 5) is 26.4. The van der Waals surface area contributed by atoms with E-state index in [1.54, 1.807) is 50.4 Å². The van der Waals surface area contributed by atoms with Gasteiger partial charge in [0.05, 0.1) is 6.61 Å². The van der Waals surface area contributed by atoms with Crippen LogP contribution >= 0.6 is 11.6 Å². The van der Waals surface area contributed by atoms with Gasteiger partial charge in [0, 0.05) is 24.1 Å². The van der Waals surface area contributed by atoms with E-state index in [1.165, 1.54) is 4.90 Å². The van der Waals surface area contributed by atoms with E-state index in [9.17, 15) is 9.59 Å². The Balaban J connectivity index is 2.25. The second-order valence-corrected chi connectivity index (χ2v) is 5.82. The Kier molecular flexibility index (Phi) is 6.38. The lowest BCUT2D eigenvalue weighted by Gasteiger charge is -2.26. The summed E-state index contributed by atoms with van der Waals surface area (Å²) in [7, 11) is 1.61. The number of hydrogen-bond donors (Lipinski definition) is 0. The van der Waals surface area contributed by atoms with Crippen LogP contribution in [0, 0.1) is 0 Å². The highest BCUT2D eigenvalue weighted by atomic mass is 35.5. The van der Waals surface area contributed by atoms with E-state index < -0.39 is 12.0 Å². The fourth-order valence-corrected chi connectivity index (χ4v) is 2.64. The molecule has 0 aliphatic heterocycles. The molecule has 1 unspecified atom stereocenters. The number of carbonyl (C=O) groups excluding carboxylic acids is 2. The molecule has 2 aromatic rings. The molecule has 0 heterocycles. The summed E-state index contributed by atoms with van der Waals surface area (Å²) in [6.45, 7) is 2.01. The van der Waals surface area contributed by atoms with Gasteiger partial charge in [0.2, 0.25) is 0 Å². The molecule has 0 saturated heterocycles. The van der Waals surface area contributed by atoms with E-state index in [0.29, 0.717) is 17.0 Å². The fourth-order valence-electron chi connectivity index (χ4n) is 2.43. The van der Waals surface area contributed by atoms with E-state index in [0.717, 1.165) is 5.56 Å². The molecule has 0 radical (unpaired) electrons. The first kappa shape index (κ1) is 18.0. The van der Waals surface area contributed by atoms with Crippen molar-refractivity contribution in [2.24, 2.45) is 0 Å². The van der Waals surface area contributed by atoms with Gasteiger partial charge in [-0.15, -0.1) is 0 Å². The highest BCUT2D eigenvalue weighted by molar-refractivity contribution is 6.30. The van der Waals surface area contributed by atoms with Crippen molar-refractivity contribution in [2.75, 3.05) is 13.7 Å². The number of nitrogens with zero attached hydrogens (tertiary/aromatic N) is 1. The minimum absolute atomic E-state index is 0.226. The summed E-state index contributed by atoms with van der Waals surface area (Å²) in [6, 6.07) is 15.4. The molecular formula is C19H20ClNO3. The van der Waals surface area contributed by atoms with Crippen LogP contribution in [0.4, 0.5) is 0 Å². The Bertz CT molecular complexity index is 703. The van der Waals surface area contributed by atoms with Crippen molar-refractivity contribution >= 4 is 23.5 Å². The molecule has 2 aromatic carbocycles. The molecule has 5 heteroatoms. The highest BCUT2D eigenvalue weighted by Crippen LogP contribution is 2.16. The van der Waals surface area contributed by atoms with Crippen molar-refractivity contribution in [2.45, 2.75) is 19.4 Å². The summed E-state index contributed by atoms with van der Waals surface area (Å²) in [6.07, 6.45) is 0.342. The second-order valence-electron chi connectivity index (χ2n) is 5.38. The van der Waals surface area contributed by atoms with Gasteiger partial charge in [-0.2, -0.15) is 0 Å². The molecule has 0 fully saturated rings. The van der Waals surface area contributed by atoms with Crippen LogP contribution in [-0.2, 0) is 16.0 Å². The Morgan fingerprint density at radius 1 is 1.12 bits per heavy atom. The van der Waals surface area contributed by atoms with Gasteiger partial charge in [-0.3, -0.25) is 4.79 Å². The van der Waals surface area contributed by atoms with Crippen molar-refractivity contribution in [1.82, 2.24) is 4.90 Å². The number of halogens is 1. The van der Waals surface area contributed by atoms with E-state index in [4.69, 9.17) is 16.3 Å². The Morgan fingerprint density at radius 3 is 2.46 bits per heavy atom. The molecular weight excluding hydrogens is 326 g/mol. The molecule has 0 N–H and O–H groups in total. The standard InChI is InChI=1S/C19H20ClNO3/c1-3-24-19(23)17(13-14-8-7-11-16(20)12-14)21(2)18(22)15-9-5-4-6-10-15/h4-12,17H,3,13H2,1-2H3. The minimum atomic E-state index is -0.712. The third-order valence-electron chi connectivity index (χ3n) is 3.69. The van der Waals surface area contributed by atoms with E-state index in [-0.39, 0.29) is 12.5 Å². The van der Waals surface area contributed by atoms with Crippen LogP contribution in [0.1, 0.15) is 22.8 Å². The molecule has 1 amide bonds. The molecule has 0 aliphatic carbocycles. The summed E-state index contributed by atoms with van der Waals surface area (Å²) >= 11 is 6.01. The van der Waals surface area contributed by atoms with Gasteiger partial charge in [-0.05, 0) is 36.8 Å². The van der Waals surface area contributed by atoms with Crippen LogP contribution < -0.4 is 0 Å². The maximum Gasteiger partial charge on any atom is 0.329 e. The molecule has 0 aromatic heterocycles. The van der Waals surface area contributed by atoms with Crippen LogP contribution in [0.5, 0.6) is 0 Å².